The second-order valence-electron chi connectivity index (χ2n) is 12.2. The molecule has 1 fully saturated rings. The van der Waals surface area contributed by atoms with Gasteiger partial charge in [-0.15, -0.1) is 0 Å². The van der Waals surface area contributed by atoms with Crippen molar-refractivity contribution in [3.8, 4) is 62.7 Å². The van der Waals surface area contributed by atoms with Gasteiger partial charge in [-0.3, -0.25) is 9.59 Å². The highest BCUT2D eigenvalue weighted by Crippen LogP contribution is 2.47. The van der Waals surface area contributed by atoms with E-state index in [1.807, 2.05) is 0 Å². The van der Waals surface area contributed by atoms with Crippen molar-refractivity contribution in [1.82, 2.24) is 0 Å². The minimum absolute atomic E-state index is 0.0293. The minimum atomic E-state index is -1.75. The van der Waals surface area contributed by atoms with Gasteiger partial charge >= 0.3 is 0 Å². The number of aliphatic hydroxyl groups excluding tert-OH is 4. The molecule has 2 aliphatic rings. The first-order valence-corrected chi connectivity index (χ1v) is 15.5. The van der Waals surface area contributed by atoms with Crippen molar-refractivity contribution in [2.24, 2.45) is 0 Å². The van der Waals surface area contributed by atoms with E-state index in [1.54, 1.807) is 0 Å². The molecule has 0 bridgehead atoms. The number of ether oxygens (including phenoxy) is 3. The molecular formula is C36H30O15. The van der Waals surface area contributed by atoms with Gasteiger partial charge in [0.1, 0.15) is 87.5 Å². The molecule has 51 heavy (non-hydrogen) atoms. The first-order chi connectivity index (χ1) is 24.3. The second kappa shape index (κ2) is 12.8. The van der Waals surface area contributed by atoms with E-state index in [-0.39, 0.29) is 62.8 Å². The fourth-order valence-corrected chi connectivity index (χ4v) is 6.25. The third-order valence-electron chi connectivity index (χ3n) is 8.85. The summed E-state index contributed by atoms with van der Waals surface area (Å²) in [5.41, 5.74) is -0.601. The first-order valence-electron chi connectivity index (χ1n) is 15.5. The van der Waals surface area contributed by atoms with Crippen molar-refractivity contribution < 1.29 is 69.4 Å². The molecule has 5 aromatic rings. The van der Waals surface area contributed by atoms with E-state index >= 15 is 0 Å². The average molecular weight is 703 g/mol. The quantitative estimate of drug-likeness (QED) is 0.123. The maximum atomic E-state index is 13.3. The Hall–Kier alpha value is -5.84. The van der Waals surface area contributed by atoms with E-state index in [4.69, 9.17) is 18.6 Å². The lowest BCUT2D eigenvalue weighted by Crippen LogP contribution is -2.60. The minimum Gasteiger partial charge on any atom is -0.508 e. The van der Waals surface area contributed by atoms with Crippen molar-refractivity contribution in [2.45, 2.75) is 43.2 Å². The van der Waals surface area contributed by atoms with E-state index in [1.165, 1.54) is 48.5 Å². The first kappa shape index (κ1) is 33.6. The van der Waals surface area contributed by atoms with Gasteiger partial charge in [-0.1, -0.05) is 6.07 Å². The SMILES string of the molecule is O=C1C[C@@H](c2ccc(O)c(-c3c(O)cc(O)c4c(=O)cc(-c5ccc(O)cc5)oc34)c2)Oc2cc(O[C@@H]3O[C@H](CO)[C@@H](O)[C@H](O)[C@H]3O)cc(O)c21. The van der Waals surface area contributed by atoms with Crippen LogP contribution in [-0.2, 0) is 4.74 Å². The van der Waals surface area contributed by atoms with Crippen molar-refractivity contribution in [3.05, 3.63) is 88.1 Å². The zero-order valence-corrected chi connectivity index (χ0v) is 26.2. The molecule has 15 nitrogen and oxygen atoms in total. The van der Waals surface area contributed by atoms with E-state index in [0.29, 0.717) is 11.1 Å². The molecule has 0 saturated carbocycles. The Morgan fingerprint density at radius 3 is 2.20 bits per heavy atom. The standard InChI is InChI=1S/C36H30O15/c37-13-28-32(45)33(46)34(47)36(51-28)48-17-8-20(40)30-23(43)11-26(49-27(30)9-17)15-3-6-19(39)18(7-15)29-21(41)10-22(42)31-24(44)12-25(50-35(29)31)14-1-4-16(38)5-2-14/h1-10,12,26,28,32-34,36-42,45-47H,11,13H2/t26-,28+,32+,33-,34+,36+/m0/s1. The van der Waals surface area contributed by atoms with Crippen molar-refractivity contribution in [2.75, 3.05) is 6.61 Å². The van der Waals surface area contributed by atoms with Crippen LogP contribution in [0.25, 0.3) is 33.4 Å². The highest BCUT2D eigenvalue weighted by Gasteiger charge is 2.45. The topological polar surface area (TPSA) is 257 Å². The lowest BCUT2D eigenvalue weighted by atomic mass is 9.92. The van der Waals surface area contributed by atoms with Gasteiger partial charge in [0.15, 0.2) is 16.8 Å². The number of aliphatic hydroxyl groups is 4. The predicted octanol–water partition coefficient (Wildman–Crippen LogP) is 2.54. The van der Waals surface area contributed by atoms with Crippen LogP contribution in [-0.4, -0.2) is 89.1 Å². The summed E-state index contributed by atoms with van der Waals surface area (Å²) in [5.74, 6) is -2.83. The largest absolute Gasteiger partial charge is 0.508 e. The molecule has 0 unspecified atom stereocenters. The fourth-order valence-electron chi connectivity index (χ4n) is 6.25. The second-order valence-corrected chi connectivity index (χ2v) is 12.2. The summed E-state index contributed by atoms with van der Waals surface area (Å²) in [6.07, 6.45) is -9.26. The van der Waals surface area contributed by atoms with Crippen LogP contribution in [0.4, 0.5) is 0 Å². The molecule has 7 rings (SSSR count). The molecule has 264 valence electrons. The van der Waals surface area contributed by atoms with Gasteiger partial charge in [-0.2, -0.15) is 0 Å². The summed E-state index contributed by atoms with van der Waals surface area (Å²) in [6.45, 7) is -0.697. The average Bonchev–Trinajstić information content (AvgIpc) is 3.08. The normalized spacial score (nSPS) is 23.1. The van der Waals surface area contributed by atoms with E-state index in [9.17, 15) is 55.5 Å². The summed E-state index contributed by atoms with van der Waals surface area (Å²) in [5, 5.41) is 92.9. The van der Waals surface area contributed by atoms with Gasteiger partial charge in [-0.05, 0) is 42.0 Å². The molecule has 0 spiro atoms. The van der Waals surface area contributed by atoms with Gasteiger partial charge in [0, 0.05) is 35.4 Å². The lowest BCUT2D eigenvalue weighted by Gasteiger charge is -2.39. The predicted molar refractivity (Wildman–Crippen MR) is 175 cm³/mol. The molecule has 1 saturated heterocycles. The Bertz CT molecular complexity index is 2230. The van der Waals surface area contributed by atoms with Gasteiger partial charge in [0.25, 0.3) is 0 Å². The molecule has 3 heterocycles. The highest BCUT2D eigenvalue weighted by atomic mass is 16.7. The Labute approximate surface area is 286 Å². The van der Waals surface area contributed by atoms with Gasteiger partial charge in [0.2, 0.25) is 6.29 Å². The molecule has 0 amide bonds. The van der Waals surface area contributed by atoms with E-state index in [0.717, 1.165) is 18.2 Å². The smallest absolute Gasteiger partial charge is 0.229 e. The molecule has 0 aliphatic carbocycles. The maximum Gasteiger partial charge on any atom is 0.229 e. The summed E-state index contributed by atoms with van der Waals surface area (Å²) < 4.78 is 23.1. The van der Waals surface area contributed by atoms with Crippen LogP contribution in [0.1, 0.15) is 28.4 Å². The molecule has 6 atom stereocenters. The van der Waals surface area contributed by atoms with Crippen LogP contribution < -0.4 is 14.9 Å². The molecule has 2 aliphatic heterocycles. The Morgan fingerprint density at radius 1 is 0.745 bits per heavy atom. The number of benzene rings is 4. The fraction of sp³-hybridized carbons (Fsp3) is 0.222. The number of rotatable bonds is 6. The van der Waals surface area contributed by atoms with E-state index in [2.05, 4.69) is 0 Å². The molecule has 9 N–H and O–H groups in total. The summed E-state index contributed by atoms with van der Waals surface area (Å²) >= 11 is 0. The third kappa shape index (κ3) is 5.92. The number of phenols is 5. The molecular weight excluding hydrogens is 672 g/mol. The van der Waals surface area contributed by atoms with Crippen molar-refractivity contribution >= 4 is 16.8 Å². The summed E-state index contributed by atoms with van der Waals surface area (Å²) in [6, 6.07) is 14.2. The van der Waals surface area contributed by atoms with Crippen LogP contribution in [0, 0.1) is 0 Å². The lowest BCUT2D eigenvalue weighted by molar-refractivity contribution is -0.277. The molecule has 0 radical (unpaired) electrons. The number of hydrogen-bond acceptors (Lipinski definition) is 15. The van der Waals surface area contributed by atoms with Gasteiger partial charge < -0.3 is 64.6 Å². The van der Waals surface area contributed by atoms with Crippen LogP contribution in [0.15, 0.2) is 75.9 Å². The van der Waals surface area contributed by atoms with Crippen molar-refractivity contribution in [3.63, 3.8) is 0 Å². The molecule has 1 aromatic heterocycles. The van der Waals surface area contributed by atoms with Crippen LogP contribution >= 0.6 is 0 Å². The van der Waals surface area contributed by atoms with Crippen LogP contribution in [0.5, 0.6) is 40.2 Å². The molecule has 4 aromatic carbocycles. The number of hydrogen-bond donors (Lipinski definition) is 9. The maximum absolute atomic E-state index is 13.3. The number of phenolic OH excluding ortho intramolecular Hbond substituents is 5. The Kier molecular flexibility index (Phi) is 8.45. The highest BCUT2D eigenvalue weighted by molar-refractivity contribution is 6.03. The Balaban J connectivity index is 1.26. The number of ketones is 1. The zero-order valence-electron chi connectivity index (χ0n) is 26.2. The van der Waals surface area contributed by atoms with Gasteiger partial charge in [0.05, 0.1) is 18.6 Å². The number of carbonyl (C=O) groups is 1. The number of aromatic hydroxyl groups is 5. The zero-order chi connectivity index (χ0) is 36.3. The Morgan fingerprint density at radius 2 is 1.47 bits per heavy atom. The van der Waals surface area contributed by atoms with Gasteiger partial charge in [-0.25, -0.2) is 0 Å². The van der Waals surface area contributed by atoms with Crippen LogP contribution in [0.3, 0.4) is 0 Å². The summed E-state index contributed by atoms with van der Waals surface area (Å²) in [4.78, 5) is 26.5. The number of fused-ring (bicyclic) bond motifs is 2. The van der Waals surface area contributed by atoms with Crippen LogP contribution in [0.2, 0.25) is 0 Å². The molecule has 15 heteroatoms. The summed E-state index contributed by atoms with van der Waals surface area (Å²) in [7, 11) is 0. The van der Waals surface area contributed by atoms with Crippen molar-refractivity contribution in [1.29, 1.82) is 0 Å². The van der Waals surface area contributed by atoms with E-state index < -0.39 is 71.9 Å². The monoisotopic (exact) mass is 702 g/mol. The third-order valence-corrected chi connectivity index (χ3v) is 8.85. The number of carbonyl (C=O) groups excluding carboxylic acids is 1. The number of Topliss-reactive ketones (excluding diaryl/α,β-unsaturated/α-hetero) is 1.